The third-order valence-corrected chi connectivity index (χ3v) is 5.39. The maximum Gasteiger partial charge on any atom is 0.274 e. The normalized spacial score (nSPS) is 13.5. The number of carbonyl (C=O) groups excluding carboxylic acids is 1. The van der Waals surface area contributed by atoms with Gasteiger partial charge in [0.1, 0.15) is 11.5 Å². The van der Waals surface area contributed by atoms with E-state index in [1.807, 2.05) is 37.5 Å². The van der Waals surface area contributed by atoms with Gasteiger partial charge in [-0.1, -0.05) is 6.07 Å². The smallest absolute Gasteiger partial charge is 0.274 e. The van der Waals surface area contributed by atoms with Gasteiger partial charge in [-0.3, -0.25) is 9.48 Å². The number of halogens is 1. The van der Waals surface area contributed by atoms with Crippen molar-refractivity contribution < 1.29 is 9.53 Å². The molecule has 0 spiro atoms. The maximum atomic E-state index is 13.2. The number of nitrogens with two attached hydrogens (primary N) is 1. The Morgan fingerprint density at radius 1 is 1.15 bits per heavy atom. The number of fused-ring (bicyclic) bond motifs is 1. The van der Waals surface area contributed by atoms with Gasteiger partial charge in [-0.25, -0.2) is 9.97 Å². The van der Waals surface area contributed by atoms with Crippen LogP contribution < -0.4 is 16.0 Å². The molecular formula is C23H24ClN7O2. The number of hydrogen-bond donors (Lipinski definition) is 2. The highest BCUT2D eigenvalue weighted by Crippen LogP contribution is 2.32. The monoisotopic (exact) mass is 465 g/mol. The fourth-order valence-electron chi connectivity index (χ4n) is 3.87. The summed E-state index contributed by atoms with van der Waals surface area (Å²) in [7, 11) is 1.88. The van der Waals surface area contributed by atoms with Crippen LogP contribution in [0.3, 0.4) is 0 Å². The molecule has 170 valence electrons. The lowest BCUT2D eigenvalue weighted by atomic mass is 10.1. The summed E-state index contributed by atoms with van der Waals surface area (Å²) in [6.07, 6.45) is 3.55. The minimum atomic E-state index is -0.286. The first kappa shape index (κ1) is 22.5. The van der Waals surface area contributed by atoms with E-state index in [1.165, 1.54) is 0 Å². The summed E-state index contributed by atoms with van der Waals surface area (Å²) in [5.41, 5.74) is 10.1. The van der Waals surface area contributed by atoms with Crippen LogP contribution in [0.15, 0.2) is 54.9 Å². The number of aryl methyl sites for hydroxylation is 1. The molecule has 0 radical (unpaired) electrons. The van der Waals surface area contributed by atoms with E-state index in [-0.39, 0.29) is 18.3 Å². The van der Waals surface area contributed by atoms with Crippen molar-refractivity contribution in [2.45, 2.75) is 0 Å². The number of anilines is 3. The average Bonchev–Trinajstić information content (AvgIpc) is 3.18. The van der Waals surface area contributed by atoms with Crippen LogP contribution in [0.5, 0.6) is 0 Å². The summed E-state index contributed by atoms with van der Waals surface area (Å²) in [6.45, 7) is 2.79. The van der Waals surface area contributed by atoms with Crippen LogP contribution in [0, 0.1) is 0 Å². The van der Waals surface area contributed by atoms with Gasteiger partial charge >= 0.3 is 0 Å². The molecule has 1 aliphatic rings. The van der Waals surface area contributed by atoms with Crippen molar-refractivity contribution in [3.63, 3.8) is 0 Å². The van der Waals surface area contributed by atoms with Gasteiger partial charge in [0.05, 0.1) is 35.8 Å². The predicted molar refractivity (Wildman–Crippen MR) is 131 cm³/mol. The zero-order chi connectivity index (χ0) is 22.1. The zero-order valence-electron chi connectivity index (χ0n) is 18.1. The summed E-state index contributed by atoms with van der Waals surface area (Å²) in [4.78, 5) is 23.9. The van der Waals surface area contributed by atoms with E-state index in [2.05, 4.69) is 25.3 Å². The molecule has 9 nitrogen and oxygen atoms in total. The molecule has 1 fully saturated rings. The Bertz CT molecular complexity index is 1300. The Morgan fingerprint density at radius 2 is 1.97 bits per heavy atom. The Balaban J connectivity index is 0.00000259. The SMILES string of the molecule is Cl.Cn1cc2cc(NC(=O)c3cccc(-c4ccnc(N)c4)n3)c(N3CCOCC3)cc2n1. The molecule has 1 aromatic carbocycles. The summed E-state index contributed by atoms with van der Waals surface area (Å²) in [5.74, 6) is 0.116. The predicted octanol–water partition coefficient (Wildman–Crippen LogP) is 3.12. The number of aromatic nitrogens is 4. The van der Waals surface area contributed by atoms with Crippen LogP contribution in [0.25, 0.3) is 22.2 Å². The molecule has 0 bridgehead atoms. The highest BCUT2D eigenvalue weighted by atomic mass is 35.5. The molecule has 33 heavy (non-hydrogen) atoms. The average molecular weight is 466 g/mol. The number of morpholine rings is 1. The molecule has 1 saturated heterocycles. The fraction of sp³-hybridized carbons (Fsp3) is 0.217. The first-order chi connectivity index (χ1) is 15.6. The molecule has 4 heterocycles. The molecule has 1 amide bonds. The molecule has 3 N–H and O–H groups in total. The Morgan fingerprint density at radius 3 is 2.76 bits per heavy atom. The van der Waals surface area contributed by atoms with Gasteiger partial charge < -0.3 is 20.7 Å². The van der Waals surface area contributed by atoms with Gasteiger partial charge in [-0.2, -0.15) is 5.10 Å². The molecule has 3 aromatic heterocycles. The number of carbonyl (C=O) groups is 1. The molecule has 0 atom stereocenters. The molecule has 0 unspecified atom stereocenters. The van der Waals surface area contributed by atoms with Crippen molar-refractivity contribution in [1.29, 1.82) is 0 Å². The van der Waals surface area contributed by atoms with Crippen molar-refractivity contribution in [2.24, 2.45) is 7.05 Å². The van der Waals surface area contributed by atoms with E-state index in [9.17, 15) is 4.79 Å². The first-order valence-electron chi connectivity index (χ1n) is 10.4. The third kappa shape index (κ3) is 4.74. The van der Waals surface area contributed by atoms with Gasteiger partial charge in [-0.05, 0) is 36.4 Å². The van der Waals surface area contributed by atoms with Crippen molar-refractivity contribution in [1.82, 2.24) is 19.7 Å². The largest absolute Gasteiger partial charge is 0.384 e. The molecule has 10 heteroatoms. The molecule has 0 aliphatic carbocycles. The van der Waals surface area contributed by atoms with Crippen LogP contribution in [0.4, 0.5) is 17.2 Å². The molecule has 0 saturated carbocycles. The highest BCUT2D eigenvalue weighted by Gasteiger charge is 2.19. The lowest BCUT2D eigenvalue weighted by Crippen LogP contribution is -2.36. The van der Waals surface area contributed by atoms with Gasteiger partial charge in [0.2, 0.25) is 0 Å². The quantitative estimate of drug-likeness (QED) is 0.476. The standard InChI is InChI=1S/C23H23N7O2.ClH/c1-29-14-16-11-20(21(13-19(16)28-29)30-7-9-32-10-8-30)27-23(31)18-4-2-3-17(26-18)15-5-6-25-22(24)12-15;/h2-6,11-14H,7-10H2,1H3,(H2,24,25)(H,27,31);1H. The number of amides is 1. The lowest BCUT2D eigenvalue weighted by molar-refractivity contribution is 0.102. The van der Waals surface area contributed by atoms with Gasteiger partial charge in [0, 0.05) is 43.5 Å². The minimum absolute atomic E-state index is 0. The van der Waals surface area contributed by atoms with E-state index >= 15 is 0 Å². The van der Waals surface area contributed by atoms with Crippen LogP contribution in [0.1, 0.15) is 10.5 Å². The number of rotatable bonds is 4. The van der Waals surface area contributed by atoms with E-state index < -0.39 is 0 Å². The second-order valence-electron chi connectivity index (χ2n) is 7.66. The van der Waals surface area contributed by atoms with Crippen molar-refractivity contribution in [2.75, 3.05) is 42.3 Å². The van der Waals surface area contributed by atoms with E-state index in [0.29, 0.717) is 30.4 Å². The molecule has 4 aromatic rings. The third-order valence-electron chi connectivity index (χ3n) is 5.39. The lowest BCUT2D eigenvalue weighted by Gasteiger charge is -2.30. The van der Waals surface area contributed by atoms with E-state index in [4.69, 9.17) is 10.5 Å². The highest BCUT2D eigenvalue weighted by molar-refractivity contribution is 6.06. The van der Waals surface area contributed by atoms with Crippen molar-refractivity contribution >= 4 is 46.4 Å². The van der Waals surface area contributed by atoms with Crippen LogP contribution in [-0.4, -0.2) is 52.0 Å². The molecule has 1 aliphatic heterocycles. The molecule has 5 rings (SSSR count). The Kier molecular flexibility index (Phi) is 6.43. The minimum Gasteiger partial charge on any atom is -0.384 e. The number of ether oxygens (including phenoxy) is 1. The van der Waals surface area contributed by atoms with Crippen LogP contribution in [-0.2, 0) is 11.8 Å². The number of nitrogen functional groups attached to an aromatic ring is 1. The van der Waals surface area contributed by atoms with Crippen molar-refractivity contribution in [3.8, 4) is 11.3 Å². The fourth-order valence-corrected chi connectivity index (χ4v) is 3.87. The summed E-state index contributed by atoms with van der Waals surface area (Å²) >= 11 is 0. The number of nitrogens with one attached hydrogen (secondary N) is 1. The second-order valence-corrected chi connectivity index (χ2v) is 7.66. The zero-order valence-corrected chi connectivity index (χ0v) is 18.9. The number of hydrogen-bond acceptors (Lipinski definition) is 7. The maximum absolute atomic E-state index is 13.2. The number of pyridine rings is 2. The van der Waals surface area contributed by atoms with Gasteiger partial charge in [-0.15, -0.1) is 12.4 Å². The summed E-state index contributed by atoms with van der Waals surface area (Å²) in [5, 5.41) is 8.53. The molecular weight excluding hydrogens is 442 g/mol. The van der Waals surface area contributed by atoms with Crippen LogP contribution >= 0.6 is 12.4 Å². The van der Waals surface area contributed by atoms with Crippen LogP contribution in [0.2, 0.25) is 0 Å². The topological polar surface area (TPSA) is 111 Å². The van der Waals surface area contributed by atoms with Gasteiger partial charge in [0.15, 0.2) is 0 Å². The number of nitrogens with zero attached hydrogens (tertiary/aromatic N) is 5. The van der Waals surface area contributed by atoms with Crippen molar-refractivity contribution in [3.05, 3.63) is 60.6 Å². The summed E-state index contributed by atoms with van der Waals surface area (Å²) < 4.78 is 7.26. The summed E-state index contributed by atoms with van der Waals surface area (Å²) in [6, 6.07) is 12.9. The second kappa shape index (κ2) is 9.43. The van der Waals surface area contributed by atoms with E-state index in [0.717, 1.165) is 40.9 Å². The van der Waals surface area contributed by atoms with Gasteiger partial charge in [0.25, 0.3) is 5.91 Å². The van der Waals surface area contributed by atoms with E-state index in [1.54, 1.807) is 29.1 Å². The first-order valence-corrected chi connectivity index (χ1v) is 10.4. The number of benzene rings is 1. The Hall–Kier alpha value is -3.69. The Labute approximate surface area is 197 Å².